The van der Waals surface area contributed by atoms with Crippen molar-refractivity contribution in [1.29, 1.82) is 5.41 Å². The minimum absolute atomic E-state index is 0.0429. The molecule has 4 nitrogen and oxygen atoms in total. The molecule has 0 aliphatic rings. The Labute approximate surface area is 117 Å². The highest BCUT2D eigenvalue weighted by Crippen LogP contribution is 2.13. The molecule has 0 saturated heterocycles. The summed E-state index contributed by atoms with van der Waals surface area (Å²) in [5.41, 5.74) is 1.38. The van der Waals surface area contributed by atoms with Crippen LogP contribution in [0.1, 0.15) is 16.8 Å². The van der Waals surface area contributed by atoms with E-state index in [1.165, 1.54) is 0 Å². The van der Waals surface area contributed by atoms with Crippen molar-refractivity contribution in [2.45, 2.75) is 6.42 Å². The molecule has 0 bridgehead atoms. The Bertz CT molecular complexity index is 592. The second kappa shape index (κ2) is 6.52. The van der Waals surface area contributed by atoms with E-state index in [0.29, 0.717) is 11.3 Å². The van der Waals surface area contributed by atoms with Crippen molar-refractivity contribution in [3.8, 4) is 5.75 Å². The number of rotatable bonds is 5. The third-order valence-corrected chi connectivity index (χ3v) is 2.82. The third-order valence-electron chi connectivity index (χ3n) is 2.82. The van der Waals surface area contributed by atoms with Crippen molar-refractivity contribution in [3.63, 3.8) is 0 Å². The second-order valence-electron chi connectivity index (χ2n) is 4.30. The monoisotopic (exact) mass is 268 g/mol. The molecule has 0 aliphatic carbocycles. The van der Waals surface area contributed by atoms with Crippen LogP contribution < -0.4 is 10.1 Å². The van der Waals surface area contributed by atoms with Gasteiger partial charge in [-0.1, -0.05) is 18.2 Å². The molecule has 2 N–H and O–H groups in total. The number of para-hydroxylation sites is 1. The number of hydrogen-bond donors (Lipinski definition) is 2. The van der Waals surface area contributed by atoms with Gasteiger partial charge in [0.1, 0.15) is 11.6 Å². The van der Waals surface area contributed by atoms with Crippen LogP contribution in [-0.2, 0) is 0 Å². The lowest BCUT2D eigenvalue weighted by atomic mass is 10.1. The van der Waals surface area contributed by atoms with Gasteiger partial charge in [0.2, 0.25) is 0 Å². The summed E-state index contributed by atoms with van der Waals surface area (Å²) in [5, 5.41) is 10.7. The predicted octanol–water partition coefficient (Wildman–Crippen LogP) is 3.36. The molecule has 2 rings (SSSR count). The number of Topliss-reactive ketones (excluding diaryl/α,β-unsaturated/α-hetero) is 1. The molecule has 2 aromatic carbocycles. The zero-order chi connectivity index (χ0) is 14.4. The van der Waals surface area contributed by atoms with E-state index in [-0.39, 0.29) is 18.0 Å². The fourth-order valence-corrected chi connectivity index (χ4v) is 1.78. The zero-order valence-corrected chi connectivity index (χ0v) is 11.2. The standard InChI is InChI=1S/C16H16N2O2/c1-20-14-9-7-12(8-10-14)15(19)11-16(17)18-13-5-3-2-4-6-13/h2-10H,11H2,1H3,(H2,17,18). The number of hydrogen-bond acceptors (Lipinski definition) is 3. The number of ketones is 1. The van der Waals surface area contributed by atoms with E-state index < -0.39 is 0 Å². The first-order valence-corrected chi connectivity index (χ1v) is 6.26. The highest BCUT2D eigenvalue weighted by molar-refractivity contribution is 6.12. The number of ether oxygens (including phenoxy) is 1. The van der Waals surface area contributed by atoms with Crippen LogP contribution in [0.25, 0.3) is 0 Å². The van der Waals surface area contributed by atoms with Crippen LogP contribution in [-0.4, -0.2) is 18.7 Å². The van der Waals surface area contributed by atoms with Gasteiger partial charge in [0.15, 0.2) is 5.78 Å². The summed E-state index contributed by atoms with van der Waals surface area (Å²) in [6.07, 6.45) is 0.0429. The summed E-state index contributed by atoms with van der Waals surface area (Å²) < 4.78 is 5.04. The normalized spacial score (nSPS) is 9.85. The largest absolute Gasteiger partial charge is 0.497 e. The lowest BCUT2D eigenvalue weighted by Gasteiger charge is -2.07. The first kappa shape index (κ1) is 13.8. The van der Waals surface area contributed by atoms with Crippen LogP contribution in [0.5, 0.6) is 5.75 Å². The van der Waals surface area contributed by atoms with E-state index >= 15 is 0 Å². The van der Waals surface area contributed by atoms with Crippen molar-refractivity contribution in [2.75, 3.05) is 12.4 Å². The minimum atomic E-state index is -0.0962. The molecule has 0 amide bonds. The van der Waals surface area contributed by atoms with Crippen molar-refractivity contribution in [1.82, 2.24) is 0 Å². The van der Waals surface area contributed by atoms with Crippen molar-refractivity contribution >= 4 is 17.3 Å². The number of nitrogens with one attached hydrogen (secondary N) is 2. The van der Waals surface area contributed by atoms with Crippen LogP contribution in [0.15, 0.2) is 54.6 Å². The van der Waals surface area contributed by atoms with Crippen molar-refractivity contribution < 1.29 is 9.53 Å². The van der Waals surface area contributed by atoms with E-state index in [2.05, 4.69) is 5.32 Å². The van der Waals surface area contributed by atoms with Crippen LogP contribution in [0.4, 0.5) is 5.69 Å². The summed E-state index contributed by atoms with van der Waals surface area (Å²) in [6.45, 7) is 0. The Hall–Kier alpha value is -2.62. The molecule has 102 valence electrons. The molecule has 0 aromatic heterocycles. The second-order valence-corrected chi connectivity index (χ2v) is 4.30. The Morgan fingerprint density at radius 1 is 1.10 bits per heavy atom. The average molecular weight is 268 g/mol. The number of benzene rings is 2. The molecule has 2 aromatic rings. The van der Waals surface area contributed by atoms with Crippen LogP contribution >= 0.6 is 0 Å². The highest BCUT2D eigenvalue weighted by atomic mass is 16.5. The molecular weight excluding hydrogens is 252 g/mol. The maximum absolute atomic E-state index is 12.0. The van der Waals surface area contributed by atoms with Gasteiger partial charge in [-0.2, -0.15) is 0 Å². The molecule has 0 radical (unpaired) electrons. The quantitative estimate of drug-likeness (QED) is 0.496. The van der Waals surface area contributed by atoms with Gasteiger partial charge in [-0.25, -0.2) is 0 Å². The number of amidine groups is 1. The lowest BCUT2D eigenvalue weighted by molar-refractivity contribution is 0.100. The molecule has 0 heterocycles. The molecular formula is C16H16N2O2. The maximum Gasteiger partial charge on any atom is 0.170 e. The zero-order valence-electron chi connectivity index (χ0n) is 11.2. The number of anilines is 1. The van der Waals surface area contributed by atoms with Gasteiger partial charge in [-0.05, 0) is 36.4 Å². The van der Waals surface area contributed by atoms with Crippen LogP contribution in [0.3, 0.4) is 0 Å². The SMILES string of the molecule is COc1ccc(C(=O)CC(=N)Nc2ccccc2)cc1. The van der Waals surface area contributed by atoms with Gasteiger partial charge in [0.25, 0.3) is 0 Å². The lowest BCUT2D eigenvalue weighted by Crippen LogP contribution is -2.15. The van der Waals surface area contributed by atoms with E-state index in [4.69, 9.17) is 10.1 Å². The summed E-state index contributed by atoms with van der Waals surface area (Å²) in [6, 6.07) is 16.2. The van der Waals surface area contributed by atoms with Crippen LogP contribution in [0, 0.1) is 5.41 Å². The van der Waals surface area contributed by atoms with Gasteiger partial charge in [0, 0.05) is 11.3 Å². The summed E-state index contributed by atoms with van der Waals surface area (Å²) >= 11 is 0. The molecule has 0 saturated carbocycles. The van der Waals surface area contributed by atoms with Crippen molar-refractivity contribution in [3.05, 3.63) is 60.2 Å². The smallest absolute Gasteiger partial charge is 0.170 e. The molecule has 0 aliphatic heterocycles. The first-order chi connectivity index (χ1) is 9.69. The Morgan fingerprint density at radius 2 is 1.75 bits per heavy atom. The average Bonchev–Trinajstić information content (AvgIpc) is 2.48. The molecule has 0 atom stereocenters. The summed E-state index contributed by atoms with van der Waals surface area (Å²) in [7, 11) is 1.58. The highest BCUT2D eigenvalue weighted by Gasteiger charge is 2.09. The topological polar surface area (TPSA) is 62.2 Å². The number of methoxy groups -OCH3 is 1. The van der Waals surface area contributed by atoms with E-state index in [1.807, 2.05) is 30.3 Å². The Balaban J connectivity index is 1.95. The van der Waals surface area contributed by atoms with Crippen LogP contribution in [0.2, 0.25) is 0 Å². The molecule has 0 spiro atoms. The fourth-order valence-electron chi connectivity index (χ4n) is 1.78. The molecule has 20 heavy (non-hydrogen) atoms. The predicted molar refractivity (Wildman–Crippen MR) is 79.7 cm³/mol. The fraction of sp³-hybridized carbons (Fsp3) is 0.125. The molecule has 0 fully saturated rings. The Morgan fingerprint density at radius 3 is 2.35 bits per heavy atom. The summed E-state index contributed by atoms with van der Waals surface area (Å²) in [4.78, 5) is 12.0. The van der Waals surface area contributed by atoms with Gasteiger partial charge in [-0.15, -0.1) is 0 Å². The number of carbonyl (C=O) groups excluding carboxylic acids is 1. The van der Waals surface area contributed by atoms with E-state index in [0.717, 1.165) is 5.69 Å². The van der Waals surface area contributed by atoms with Gasteiger partial charge >= 0.3 is 0 Å². The van der Waals surface area contributed by atoms with E-state index in [9.17, 15) is 4.79 Å². The maximum atomic E-state index is 12.0. The molecule has 4 heteroatoms. The van der Waals surface area contributed by atoms with Gasteiger partial charge in [-0.3, -0.25) is 10.2 Å². The Kier molecular flexibility index (Phi) is 4.50. The molecule has 0 unspecified atom stereocenters. The minimum Gasteiger partial charge on any atom is -0.497 e. The van der Waals surface area contributed by atoms with E-state index in [1.54, 1.807) is 31.4 Å². The van der Waals surface area contributed by atoms with Gasteiger partial charge < -0.3 is 10.1 Å². The summed E-state index contributed by atoms with van der Waals surface area (Å²) in [5.74, 6) is 0.789. The van der Waals surface area contributed by atoms with Crippen molar-refractivity contribution in [2.24, 2.45) is 0 Å². The number of carbonyl (C=O) groups is 1. The third kappa shape index (κ3) is 3.68. The van der Waals surface area contributed by atoms with Gasteiger partial charge in [0.05, 0.1) is 13.5 Å². The first-order valence-electron chi connectivity index (χ1n) is 6.26.